The van der Waals surface area contributed by atoms with Crippen molar-refractivity contribution in [1.29, 1.82) is 0 Å². The highest BCUT2D eigenvalue weighted by Gasteiger charge is 2.32. The van der Waals surface area contributed by atoms with Gasteiger partial charge in [-0.25, -0.2) is 4.98 Å². The molecule has 0 aliphatic heterocycles. The fourth-order valence-corrected chi connectivity index (χ4v) is 1.50. The standard InChI is InChI=1S/C13H10F3N3O/c1-8-3-2-4-11(18-8)19-12(20)9-5-6-10(17-7-9)13(14,15)16/h2-7H,1H3,(H,18,19,20). The summed E-state index contributed by atoms with van der Waals surface area (Å²) in [4.78, 5) is 19.1. The topological polar surface area (TPSA) is 54.9 Å². The van der Waals surface area contributed by atoms with E-state index in [0.717, 1.165) is 18.3 Å². The summed E-state index contributed by atoms with van der Waals surface area (Å²) < 4.78 is 37.0. The van der Waals surface area contributed by atoms with E-state index in [-0.39, 0.29) is 5.56 Å². The molecule has 1 N–H and O–H groups in total. The lowest BCUT2D eigenvalue weighted by molar-refractivity contribution is -0.141. The molecular formula is C13H10F3N3O. The molecule has 0 bridgehead atoms. The van der Waals surface area contributed by atoms with E-state index in [4.69, 9.17) is 0 Å². The molecule has 2 heterocycles. The van der Waals surface area contributed by atoms with E-state index in [1.165, 1.54) is 0 Å². The van der Waals surface area contributed by atoms with E-state index in [0.29, 0.717) is 11.5 Å². The minimum Gasteiger partial charge on any atom is -0.307 e. The van der Waals surface area contributed by atoms with Crippen LogP contribution in [0.5, 0.6) is 0 Å². The fourth-order valence-electron chi connectivity index (χ4n) is 1.50. The second kappa shape index (κ2) is 5.28. The van der Waals surface area contributed by atoms with Crippen LogP contribution in [0.2, 0.25) is 0 Å². The molecule has 1 amide bonds. The summed E-state index contributed by atoms with van der Waals surface area (Å²) in [5.41, 5.74) is -0.294. The van der Waals surface area contributed by atoms with Crippen LogP contribution in [-0.2, 0) is 6.18 Å². The zero-order valence-corrected chi connectivity index (χ0v) is 10.4. The predicted octanol–water partition coefficient (Wildman–Crippen LogP) is 3.06. The molecule has 0 saturated heterocycles. The minimum atomic E-state index is -4.52. The summed E-state index contributed by atoms with van der Waals surface area (Å²) in [7, 11) is 0. The molecular weight excluding hydrogens is 271 g/mol. The monoisotopic (exact) mass is 281 g/mol. The van der Waals surface area contributed by atoms with Crippen LogP contribution in [0.1, 0.15) is 21.7 Å². The molecule has 0 unspecified atom stereocenters. The first kappa shape index (κ1) is 14.0. The van der Waals surface area contributed by atoms with Gasteiger partial charge < -0.3 is 5.32 Å². The van der Waals surface area contributed by atoms with Crippen molar-refractivity contribution in [2.75, 3.05) is 5.32 Å². The minimum absolute atomic E-state index is 0.0290. The van der Waals surface area contributed by atoms with Crippen molar-refractivity contribution in [1.82, 2.24) is 9.97 Å². The lowest BCUT2D eigenvalue weighted by Gasteiger charge is -2.07. The van der Waals surface area contributed by atoms with Crippen LogP contribution in [0.15, 0.2) is 36.5 Å². The number of hydrogen-bond donors (Lipinski definition) is 1. The van der Waals surface area contributed by atoms with Gasteiger partial charge in [-0.3, -0.25) is 9.78 Å². The number of aryl methyl sites for hydroxylation is 1. The van der Waals surface area contributed by atoms with Gasteiger partial charge in [-0.05, 0) is 31.2 Å². The van der Waals surface area contributed by atoms with Gasteiger partial charge in [0, 0.05) is 11.9 Å². The number of halogens is 3. The molecule has 2 aromatic heterocycles. The third-order valence-corrected chi connectivity index (χ3v) is 2.45. The summed E-state index contributed by atoms with van der Waals surface area (Å²) in [5, 5.41) is 2.49. The van der Waals surface area contributed by atoms with E-state index in [2.05, 4.69) is 15.3 Å². The molecule has 0 aliphatic carbocycles. The quantitative estimate of drug-likeness (QED) is 0.920. The molecule has 0 fully saturated rings. The molecule has 0 atom stereocenters. The van der Waals surface area contributed by atoms with E-state index in [1.54, 1.807) is 25.1 Å². The van der Waals surface area contributed by atoms with Crippen molar-refractivity contribution in [3.05, 3.63) is 53.5 Å². The summed E-state index contributed by atoms with van der Waals surface area (Å²) >= 11 is 0. The molecule has 104 valence electrons. The first-order valence-corrected chi connectivity index (χ1v) is 5.64. The SMILES string of the molecule is Cc1cccc(NC(=O)c2ccc(C(F)(F)F)nc2)n1. The summed E-state index contributed by atoms with van der Waals surface area (Å²) in [6, 6.07) is 6.89. The number of aromatic nitrogens is 2. The first-order chi connectivity index (χ1) is 9.36. The lowest BCUT2D eigenvalue weighted by atomic mass is 10.2. The Morgan fingerprint density at radius 3 is 2.50 bits per heavy atom. The molecule has 0 aliphatic rings. The zero-order valence-electron chi connectivity index (χ0n) is 10.4. The third-order valence-electron chi connectivity index (χ3n) is 2.45. The molecule has 2 aromatic rings. The van der Waals surface area contributed by atoms with E-state index >= 15 is 0 Å². The van der Waals surface area contributed by atoms with Crippen LogP contribution in [-0.4, -0.2) is 15.9 Å². The number of pyridine rings is 2. The van der Waals surface area contributed by atoms with Gasteiger partial charge in [0.05, 0.1) is 5.56 Å². The third kappa shape index (κ3) is 3.31. The van der Waals surface area contributed by atoms with Crippen LogP contribution in [0, 0.1) is 6.92 Å². The number of nitrogens with zero attached hydrogens (tertiary/aromatic N) is 2. The molecule has 0 saturated carbocycles. The van der Waals surface area contributed by atoms with Crippen molar-refractivity contribution in [2.45, 2.75) is 13.1 Å². The van der Waals surface area contributed by atoms with Crippen molar-refractivity contribution in [3.63, 3.8) is 0 Å². The number of alkyl halides is 3. The van der Waals surface area contributed by atoms with Crippen LogP contribution >= 0.6 is 0 Å². The predicted molar refractivity (Wildman–Crippen MR) is 66.2 cm³/mol. The fraction of sp³-hybridized carbons (Fsp3) is 0.154. The smallest absolute Gasteiger partial charge is 0.307 e. The van der Waals surface area contributed by atoms with Crippen LogP contribution < -0.4 is 5.32 Å². The van der Waals surface area contributed by atoms with Crippen LogP contribution in [0.3, 0.4) is 0 Å². The Balaban J connectivity index is 2.14. The molecule has 4 nitrogen and oxygen atoms in total. The van der Waals surface area contributed by atoms with Crippen molar-refractivity contribution >= 4 is 11.7 Å². The number of carbonyl (C=O) groups excluding carboxylic acids is 1. The normalized spacial score (nSPS) is 11.2. The van der Waals surface area contributed by atoms with E-state index in [9.17, 15) is 18.0 Å². The molecule has 7 heteroatoms. The molecule has 0 spiro atoms. The van der Waals surface area contributed by atoms with E-state index in [1.807, 2.05) is 0 Å². The van der Waals surface area contributed by atoms with Crippen LogP contribution in [0.25, 0.3) is 0 Å². The maximum atomic E-state index is 12.3. The van der Waals surface area contributed by atoms with E-state index < -0.39 is 17.8 Å². The summed E-state index contributed by atoms with van der Waals surface area (Å²) in [6.45, 7) is 1.76. The van der Waals surface area contributed by atoms with Crippen molar-refractivity contribution in [2.24, 2.45) is 0 Å². The van der Waals surface area contributed by atoms with Gasteiger partial charge >= 0.3 is 6.18 Å². The summed E-state index contributed by atoms with van der Waals surface area (Å²) in [5.74, 6) is -0.237. The maximum Gasteiger partial charge on any atom is 0.433 e. The van der Waals surface area contributed by atoms with Crippen LogP contribution in [0.4, 0.5) is 19.0 Å². The number of anilines is 1. The van der Waals surface area contributed by atoms with Crippen molar-refractivity contribution in [3.8, 4) is 0 Å². The van der Waals surface area contributed by atoms with Crippen molar-refractivity contribution < 1.29 is 18.0 Å². The number of rotatable bonds is 2. The average Bonchev–Trinajstić information content (AvgIpc) is 2.38. The Kier molecular flexibility index (Phi) is 3.69. The highest BCUT2D eigenvalue weighted by atomic mass is 19.4. The molecule has 0 radical (unpaired) electrons. The Bertz CT molecular complexity index is 624. The number of nitrogens with one attached hydrogen (secondary N) is 1. The first-order valence-electron chi connectivity index (χ1n) is 5.64. The Hall–Kier alpha value is -2.44. The number of hydrogen-bond acceptors (Lipinski definition) is 3. The van der Waals surface area contributed by atoms with Gasteiger partial charge in [-0.1, -0.05) is 6.07 Å². The summed E-state index contributed by atoms with van der Waals surface area (Å²) in [6.07, 6.45) is -3.64. The average molecular weight is 281 g/mol. The second-order valence-electron chi connectivity index (χ2n) is 4.05. The Labute approximate surface area is 112 Å². The second-order valence-corrected chi connectivity index (χ2v) is 4.05. The Morgan fingerprint density at radius 1 is 1.20 bits per heavy atom. The van der Waals surface area contributed by atoms with Gasteiger partial charge in [0.25, 0.3) is 5.91 Å². The molecule has 20 heavy (non-hydrogen) atoms. The van der Waals surface area contributed by atoms with Gasteiger partial charge in [0.1, 0.15) is 11.5 Å². The maximum absolute atomic E-state index is 12.3. The molecule has 0 aromatic carbocycles. The van der Waals surface area contributed by atoms with Gasteiger partial charge in [-0.15, -0.1) is 0 Å². The van der Waals surface area contributed by atoms with Gasteiger partial charge in [0.15, 0.2) is 0 Å². The Morgan fingerprint density at radius 2 is 1.95 bits per heavy atom. The highest BCUT2D eigenvalue weighted by molar-refractivity contribution is 6.03. The highest BCUT2D eigenvalue weighted by Crippen LogP contribution is 2.27. The zero-order chi connectivity index (χ0) is 14.8. The number of amides is 1. The van der Waals surface area contributed by atoms with Gasteiger partial charge in [0.2, 0.25) is 0 Å². The number of carbonyl (C=O) groups is 1. The lowest BCUT2D eigenvalue weighted by Crippen LogP contribution is -2.15. The largest absolute Gasteiger partial charge is 0.433 e. The van der Waals surface area contributed by atoms with Gasteiger partial charge in [-0.2, -0.15) is 13.2 Å². The molecule has 2 rings (SSSR count).